The summed E-state index contributed by atoms with van der Waals surface area (Å²) in [5.74, 6) is -0.150. The van der Waals surface area contributed by atoms with Crippen molar-refractivity contribution in [3.63, 3.8) is 0 Å². The molecule has 6 heteroatoms. The number of benzene rings is 1. The third kappa shape index (κ3) is 3.04. The fraction of sp³-hybridized carbons (Fsp3) is 0.533. The van der Waals surface area contributed by atoms with E-state index in [0.29, 0.717) is 12.0 Å². The minimum Gasteiger partial charge on any atom is -0.395 e. The molecular formula is C15H17F3N2O. The number of aliphatic hydroxyl groups excluding tert-OH is 1. The Hall–Kier alpha value is -1.58. The second-order valence-corrected chi connectivity index (χ2v) is 5.95. The number of halogens is 3. The van der Waals surface area contributed by atoms with Crippen molar-refractivity contribution in [1.29, 1.82) is 5.26 Å². The molecule has 0 radical (unpaired) electrons. The van der Waals surface area contributed by atoms with E-state index in [1.807, 2.05) is 13.8 Å². The Morgan fingerprint density at radius 2 is 2.10 bits per heavy atom. The molecule has 0 amide bonds. The van der Waals surface area contributed by atoms with E-state index in [9.17, 15) is 18.3 Å². The van der Waals surface area contributed by atoms with Gasteiger partial charge in [0.05, 0.1) is 23.8 Å². The molecule has 0 saturated carbocycles. The summed E-state index contributed by atoms with van der Waals surface area (Å²) in [6.45, 7) is 3.75. The Bertz CT molecular complexity index is 575. The van der Waals surface area contributed by atoms with Crippen LogP contribution in [-0.2, 0) is 6.18 Å². The van der Waals surface area contributed by atoms with Gasteiger partial charge in [0.1, 0.15) is 0 Å². The fourth-order valence-electron chi connectivity index (χ4n) is 3.05. The highest BCUT2D eigenvalue weighted by Crippen LogP contribution is 2.41. The summed E-state index contributed by atoms with van der Waals surface area (Å²) < 4.78 is 39.1. The molecule has 3 nitrogen and oxygen atoms in total. The van der Waals surface area contributed by atoms with E-state index in [1.165, 1.54) is 6.07 Å². The van der Waals surface area contributed by atoms with Crippen LogP contribution >= 0.6 is 0 Å². The number of nitrogens with zero attached hydrogens (tertiary/aromatic N) is 1. The van der Waals surface area contributed by atoms with Crippen LogP contribution in [0.2, 0.25) is 0 Å². The number of rotatable bonds is 2. The lowest BCUT2D eigenvalue weighted by Gasteiger charge is -2.28. The molecule has 2 N–H and O–H groups in total. The molecule has 1 aromatic rings. The molecule has 1 saturated heterocycles. The first kappa shape index (κ1) is 15.8. The lowest BCUT2D eigenvalue weighted by molar-refractivity contribution is -0.137. The zero-order valence-corrected chi connectivity index (χ0v) is 11.8. The van der Waals surface area contributed by atoms with Crippen LogP contribution in [0.25, 0.3) is 0 Å². The highest BCUT2D eigenvalue weighted by molar-refractivity contribution is 5.44. The maximum Gasteiger partial charge on any atom is 0.417 e. The summed E-state index contributed by atoms with van der Waals surface area (Å²) in [4.78, 5) is 0. The van der Waals surface area contributed by atoms with Crippen LogP contribution in [0.5, 0.6) is 0 Å². The molecule has 0 spiro atoms. The maximum atomic E-state index is 13.0. The van der Waals surface area contributed by atoms with Crippen molar-refractivity contribution in [1.82, 2.24) is 5.32 Å². The molecule has 1 aliphatic heterocycles. The number of hydrogen-bond donors (Lipinski definition) is 2. The first-order valence-corrected chi connectivity index (χ1v) is 6.69. The van der Waals surface area contributed by atoms with E-state index in [4.69, 9.17) is 5.26 Å². The fourth-order valence-corrected chi connectivity index (χ4v) is 3.05. The van der Waals surface area contributed by atoms with E-state index >= 15 is 0 Å². The maximum absolute atomic E-state index is 13.0. The minimum atomic E-state index is -4.55. The van der Waals surface area contributed by atoms with Gasteiger partial charge in [-0.25, -0.2) is 0 Å². The monoisotopic (exact) mass is 298 g/mol. The lowest BCUT2D eigenvalue weighted by atomic mass is 9.82. The summed E-state index contributed by atoms with van der Waals surface area (Å²) >= 11 is 0. The third-order valence-corrected chi connectivity index (χ3v) is 4.06. The first-order chi connectivity index (χ1) is 9.69. The highest BCUT2D eigenvalue weighted by atomic mass is 19.4. The van der Waals surface area contributed by atoms with Gasteiger partial charge in [-0.3, -0.25) is 0 Å². The van der Waals surface area contributed by atoms with Gasteiger partial charge in [0.15, 0.2) is 0 Å². The van der Waals surface area contributed by atoms with Crippen LogP contribution < -0.4 is 5.32 Å². The predicted molar refractivity (Wildman–Crippen MR) is 71.6 cm³/mol. The lowest BCUT2D eigenvalue weighted by Crippen LogP contribution is -2.41. The topological polar surface area (TPSA) is 56.0 Å². The Balaban J connectivity index is 2.44. The van der Waals surface area contributed by atoms with Crippen molar-refractivity contribution < 1.29 is 18.3 Å². The normalized spacial score (nSPS) is 24.8. The van der Waals surface area contributed by atoms with E-state index in [1.54, 1.807) is 12.1 Å². The predicted octanol–water partition coefficient (Wildman–Crippen LogP) is 2.79. The Labute approximate surface area is 121 Å². The molecule has 1 aromatic carbocycles. The van der Waals surface area contributed by atoms with Gasteiger partial charge in [-0.1, -0.05) is 6.07 Å². The van der Waals surface area contributed by atoms with Gasteiger partial charge in [0.2, 0.25) is 0 Å². The Morgan fingerprint density at radius 3 is 2.57 bits per heavy atom. The quantitative estimate of drug-likeness (QED) is 0.882. The zero-order valence-electron chi connectivity index (χ0n) is 11.8. The molecule has 114 valence electrons. The Morgan fingerprint density at radius 1 is 1.43 bits per heavy atom. The van der Waals surface area contributed by atoms with Gasteiger partial charge in [-0.2, -0.15) is 18.4 Å². The average molecular weight is 298 g/mol. The summed E-state index contributed by atoms with van der Waals surface area (Å²) in [6.07, 6.45) is -3.99. The van der Waals surface area contributed by atoms with E-state index in [2.05, 4.69) is 5.32 Å². The van der Waals surface area contributed by atoms with E-state index < -0.39 is 17.3 Å². The van der Waals surface area contributed by atoms with Gasteiger partial charge in [-0.05, 0) is 38.0 Å². The van der Waals surface area contributed by atoms with Crippen molar-refractivity contribution in [2.24, 2.45) is 0 Å². The van der Waals surface area contributed by atoms with Gasteiger partial charge in [0.25, 0.3) is 0 Å². The average Bonchev–Trinajstić information content (AvgIpc) is 2.72. The number of nitriles is 1. The van der Waals surface area contributed by atoms with E-state index in [0.717, 1.165) is 6.07 Å². The number of nitrogens with one attached hydrogen (secondary N) is 1. The van der Waals surface area contributed by atoms with Gasteiger partial charge >= 0.3 is 6.18 Å². The molecule has 0 bridgehead atoms. The Kier molecular flexibility index (Phi) is 4.00. The van der Waals surface area contributed by atoms with Crippen molar-refractivity contribution in [2.75, 3.05) is 6.61 Å². The van der Waals surface area contributed by atoms with Crippen LogP contribution in [0.3, 0.4) is 0 Å². The second-order valence-electron chi connectivity index (χ2n) is 5.95. The van der Waals surface area contributed by atoms with Crippen LogP contribution in [-0.4, -0.2) is 23.3 Å². The van der Waals surface area contributed by atoms with Crippen LogP contribution in [0.4, 0.5) is 13.2 Å². The molecule has 1 heterocycles. The second kappa shape index (κ2) is 5.32. The van der Waals surface area contributed by atoms with Gasteiger partial charge in [-0.15, -0.1) is 0 Å². The summed E-state index contributed by atoms with van der Waals surface area (Å²) in [5.41, 5.74) is -1.14. The van der Waals surface area contributed by atoms with Crippen molar-refractivity contribution in [3.05, 3.63) is 34.9 Å². The van der Waals surface area contributed by atoms with Crippen molar-refractivity contribution in [3.8, 4) is 6.07 Å². The standard InChI is InChI=1S/C15H17F3N2O/c1-14(2)12(6-11(8-21)20-14)9-3-4-10(7-19)13(5-9)15(16,17)18/h3-5,11-12,20-21H,6,8H2,1-2H3/t11?,12-/m0/s1. The minimum absolute atomic E-state index is 0.0532. The number of aliphatic hydroxyl groups is 1. The largest absolute Gasteiger partial charge is 0.417 e. The first-order valence-electron chi connectivity index (χ1n) is 6.69. The highest BCUT2D eigenvalue weighted by Gasteiger charge is 2.42. The van der Waals surface area contributed by atoms with Crippen molar-refractivity contribution in [2.45, 2.75) is 43.9 Å². The zero-order chi connectivity index (χ0) is 15.8. The van der Waals surface area contributed by atoms with Crippen LogP contribution in [0, 0.1) is 11.3 Å². The molecule has 2 rings (SSSR count). The molecular weight excluding hydrogens is 281 g/mol. The van der Waals surface area contributed by atoms with Gasteiger partial charge in [0, 0.05) is 17.5 Å². The molecule has 1 aliphatic rings. The third-order valence-electron chi connectivity index (χ3n) is 4.06. The van der Waals surface area contributed by atoms with E-state index in [-0.39, 0.29) is 24.1 Å². The number of hydrogen-bond acceptors (Lipinski definition) is 3. The number of alkyl halides is 3. The summed E-state index contributed by atoms with van der Waals surface area (Å²) in [6, 6.07) is 5.31. The molecule has 21 heavy (non-hydrogen) atoms. The molecule has 0 aliphatic carbocycles. The summed E-state index contributed by atoms with van der Waals surface area (Å²) in [5, 5.41) is 21.3. The van der Waals surface area contributed by atoms with Gasteiger partial charge < -0.3 is 10.4 Å². The molecule has 2 atom stereocenters. The molecule has 1 fully saturated rings. The SMILES string of the molecule is CC1(C)NC(CO)C[C@H]1c1ccc(C#N)c(C(F)(F)F)c1. The molecule has 1 unspecified atom stereocenters. The smallest absolute Gasteiger partial charge is 0.395 e. The van der Waals surface area contributed by atoms with Crippen molar-refractivity contribution >= 4 is 0 Å². The van der Waals surface area contributed by atoms with Crippen LogP contribution in [0.15, 0.2) is 18.2 Å². The molecule has 0 aromatic heterocycles. The van der Waals surface area contributed by atoms with Crippen LogP contribution in [0.1, 0.15) is 42.9 Å². The summed E-state index contributed by atoms with van der Waals surface area (Å²) in [7, 11) is 0.